The van der Waals surface area contributed by atoms with Crippen LogP contribution in [0, 0.1) is 17.8 Å². The summed E-state index contributed by atoms with van der Waals surface area (Å²) in [7, 11) is 0. The van der Waals surface area contributed by atoms with Gasteiger partial charge in [0.25, 0.3) is 0 Å². The summed E-state index contributed by atoms with van der Waals surface area (Å²) < 4.78 is 0. The molecule has 86 heavy (non-hydrogen) atoms. The standard InChI is InChI=1S/C59H92N16O11/c1-32(2)28-41-52(81)71-43(30-37-18-11-9-12-19-37)51(80)66-35(7)48(77)74-47(36(8)76)56(85)68-40(23-16-26-65-59(62)63)50(79)70-42(29-33(3)4)53(82)72-44(31-38-20-13-10-14-21-38)57(86)75-27-17-24-45(75)54(83)73-46(34(5)6)55(84)67-39(49(78)69-41)22-15-25-64-58(60)61/h9-14,18-21,32-36,39-47,76H,15-17,22-31H2,1-8H3,(H,66,80)(H,67,84)(H,68,85)(H,69,78)(H,70,79)(H,71,81)(H,72,82)(H,73,83)(H,74,77)(H4,60,61,64)(H4,62,63,65)/t35-,36+,39-,40-,41-,42-,43+,44+,45-,46-,47-/m0/s1. The van der Waals surface area contributed by atoms with Gasteiger partial charge in [-0.25, -0.2) is 0 Å². The van der Waals surface area contributed by atoms with Gasteiger partial charge in [-0.3, -0.25) is 57.9 Å². The van der Waals surface area contributed by atoms with Crippen LogP contribution in [0.3, 0.4) is 0 Å². The molecule has 2 heterocycles. The Bertz CT molecular complexity index is 2680. The third kappa shape index (κ3) is 22.9. The number of carbonyl (C=O) groups excluding carboxylic acids is 10. The summed E-state index contributed by atoms with van der Waals surface area (Å²) in [6, 6.07) is 3.97. The fraction of sp³-hybridized carbons (Fsp3) is 0.593. The van der Waals surface area contributed by atoms with E-state index in [1.165, 1.54) is 18.7 Å². The minimum atomic E-state index is -1.72. The van der Waals surface area contributed by atoms with Gasteiger partial charge in [0.15, 0.2) is 11.9 Å². The van der Waals surface area contributed by atoms with Crippen LogP contribution in [-0.4, -0.2) is 167 Å². The van der Waals surface area contributed by atoms with Gasteiger partial charge in [-0.1, -0.05) is 102 Å². The third-order valence-electron chi connectivity index (χ3n) is 14.5. The predicted octanol–water partition coefficient (Wildman–Crippen LogP) is -1.90. The van der Waals surface area contributed by atoms with E-state index in [1.807, 2.05) is 27.7 Å². The van der Waals surface area contributed by atoms with Gasteiger partial charge in [-0.2, -0.15) is 0 Å². The fourth-order valence-electron chi connectivity index (χ4n) is 10.0. The summed E-state index contributed by atoms with van der Waals surface area (Å²) in [5.41, 5.74) is 23.6. The van der Waals surface area contributed by atoms with Crippen molar-refractivity contribution in [2.45, 2.75) is 186 Å². The van der Waals surface area contributed by atoms with E-state index in [9.17, 15) is 53.1 Å². The highest BCUT2D eigenvalue weighted by atomic mass is 16.3. The van der Waals surface area contributed by atoms with Gasteiger partial charge in [0.1, 0.15) is 60.4 Å². The SMILES string of the molecule is CC(C)C[C@@H]1NC(=O)[C@H](CCCN=C(N)N)NC(=O)[C@H](C(C)C)NC(=O)[C@@H]2CCCN2C(=O)[C@@H](Cc2ccccc2)NC(=O)[C@H](CC(C)C)NC(=O)[C@H](CCCN=C(N)N)NC(=O)[C@H]([C@@H](C)O)NC(=O)[C@H](C)NC(=O)[C@@H](Cc2ccccc2)NC1=O. The van der Waals surface area contributed by atoms with Gasteiger partial charge in [0.2, 0.25) is 59.1 Å². The van der Waals surface area contributed by atoms with E-state index < -0.39 is 132 Å². The van der Waals surface area contributed by atoms with E-state index in [2.05, 4.69) is 57.8 Å². The van der Waals surface area contributed by atoms with E-state index >= 15 is 0 Å². The molecule has 18 N–H and O–H groups in total. The fourth-order valence-corrected chi connectivity index (χ4v) is 10.0. The maximum Gasteiger partial charge on any atom is 0.246 e. The number of amides is 10. The minimum absolute atomic E-state index is 0.0256. The first-order valence-electron chi connectivity index (χ1n) is 29.6. The third-order valence-corrected chi connectivity index (χ3v) is 14.5. The molecule has 4 rings (SSSR count). The van der Waals surface area contributed by atoms with Gasteiger partial charge in [0.05, 0.1) is 6.10 Å². The number of aliphatic hydroxyl groups excluding tert-OH is 1. The predicted molar refractivity (Wildman–Crippen MR) is 323 cm³/mol. The summed E-state index contributed by atoms with van der Waals surface area (Å²) in [6.07, 6.45) is -0.864. The molecule has 2 saturated heterocycles. The van der Waals surface area contributed by atoms with Gasteiger partial charge >= 0.3 is 0 Å². The van der Waals surface area contributed by atoms with Crippen molar-refractivity contribution in [2.75, 3.05) is 19.6 Å². The van der Waals surface area contributed by atoms with Gasteiger partial charge in [-0.15, -0.1) is 0 Å². The van der Waals surface area contributed by atoms with Gasteiger partial charge < -0.3 is 80.8 Å². The number of fused-ring (bicyclic) bond motifs is 1. The second-order valence-electron chi connectivity index (χ2n) is 23.3. The van der Waals surface area contributed by atoms with Crippen molar-refractivity contribution in [3.8, 4) is 0 Å². The molecular formula is C59H92N16O11. The Morgan fingerprint density at radius 2 is 0.895 bits per heavy atom. The number of aliphatic hydroxyl groups is 1. The molecule has 10 amide bonds. The molecule has 0 aromatic heterocycles. The lowest BCUT2D eigenvalue weighted by molar-refractivity contribution is -0.143. The van der Waals surface area contributed by atoms with Crippen LogP contribution < -0.4 is 70.8 Å². The highest BCUT2D eigenvalue weighted by Gasteiger charge is 2.42. The first kappa shape index (κ1) is 70.1. The molecular weight excluding hydrogens is 1110 g/mol. The molecule has 2 aromatic rings. The first-order valence-corrected chi connectivity index (χ1v) is 29.6. The van der Waals surface area contributed by atoms with Crippen LogP contribution in [0.5, 0.6) is 0 Å². The van der Waals surface area contributed by atoms with E-state index in [0.717, 1.165) is 0 Å². The Kier molecular flexibility index (Phi) is 28.2. The number of nitrogens with zero attached hydrogens (tertiary/aromatic N) is 3. The first-order chi connectivity index (χ1) is 40.6. The lowest BCUT2D eigenvalue weighted by Gasteiger charge is -2.32. The molecule has 2 aliphatic heterocycles. The zero-order chi connectivity index (χ0) is 63.8. The van der Waals surface area contributed by atoms with Crippen LogP contribution >= 0.6 is 0 Å². The van der Waals surface area contributed by atoms with Crippen molar-refractivity contribution >= 4 is 71.0 Å². The zero-order valence-corrected chi connectivity index (χ0v) is 50.7. The summed E-state index contributed by atoms with van der Waals surface area (Å²) >= 11 is 0. The van der Waals surface area contributed by atoms with Crippen LogP contribution in [0.25, 0.3) is 0 Å². The van der Waals surface area contributed by atoms with E-state index in [-0.39, 0.29) is 101 Å². The van der Waals surface area contributed by atoms with Crippen molar-refractivity contribution in [2.24, 2.45) is 50.7 Å². The maximum absolute atomic E-state index is 15.0. The number of guanidine groups is 2. The summed E-state index contributed by atoms with van der Waals surface area (Å²) in [4.78, 5) is 154. The van der Waals surface area contributed by atoms with Gasteiger partial charge in [0, 0.05) is 32.5 Å². The molecule has 2 fully saturated rings. The Labute approximate surface area is 503 Å². The molecule has 0 spiro atoms. The number of hydrogen-bond acceptors (Lipinski definition) is 13. The Balaban J connectivity index is 1.86. The highest BCUT2D eigenvalue weighted by molar-refractivity contribution is 6.00. The van der Waals surface area contributed by atoms with Crippen molar-refractivity contribution < 1.29 is 53.1 Å². The number of aliphatic imine (C=N–C) groups is 2. The number of benzene rings is 2. The van der Waals surface area contributed by atoms with Crippen LogP contribution in [0.4, 0.5) is 0 Å². The van der Waals surface area contributed by atoms with Crippen molar-refractivity contribution in [1.29, 1.82) is 0 Å². The minimum Gasteiger partial charge on any atom is -0.391 e. The molecule has 2 aliphatic rings. The monoisotopic (exact) mass is 1200 g/mol. The molecule has 0 unspecified atom stereocenters. The Morgan fingerprint density at radius 3 is 1.34 bits per heavy atom. The molecule has 11 atom stereocenters. The van der Waals surface area contributed by atoms with Crippen LogP contribution in [0.15, 0.2) is 70.6 Å². The van der Waals surface area contributed by atoms with E-state index in [1.54, 1.807) is 74.5 Å². The van der Waals surface area contributed by atoms with Crippen LogP contribution in [-0.2, 0) is 60.8 Å². The number of hydrogen-bond donors (Lipinski definition) is 14. The second-order valence-corrected chi connectivity index (χ2v) is 23.3. The number of rotatable bonds is 18. The van der Waals surface area contributed by atoms with Crippen LogP contribution in [0.2, 0.25) is 0 Å². The quantitative estimate of drug-likeness (QED) is 0.0440. The normalized spacial score (nSPS) is 25.2. The Hall–Kier alpha value is -8.36. The van der Waals surface area contributed by atoms with Gasteiger partial charge in [-0.05, 0) is 94.1 Å². The molecule has 0 aliphatic carbocycles. The summed E-state index contributed by atoms with van der Waals surface area (Å²) in [5, 5.41) is 35.3. The second kappa shape index (κ2) is 34.6. The lowest BCUT2D eigenvalue weighted by Crippen LogP contribution is -2.62. The number of nitrogens with two attached hydrogens (primary N) is 4. The van der Waals surface area contributed by atoms with Crippen molar-refractivity contribution in [3.05, 3.63) is 71.8 Å². The lowest BCUT2D eigenvalue weighted by atomic mass is 9.99. The average molecular weight is 1200 g/mol. The van der Waals surface area contributed by atoms with E-state index in [0.29, 0.717) is 17.5 Å². The maximum atomic E-state index is 15.0. The van der Waals surface area contributed by atoms with Crippen molar-refractivity contribution in [1.82, 2.24) is 52.8 Å². The Morgan fingerprint density at radius 1 is 0.500 bits per heavy atom. The smallest absolute Gasteiger partial charge is 0.246 e. The summed E-state index contributed by atoms with van der Waals surface area (Å²) in [5.74, 6) is -9.43. The number of carbonyl (C=O) groups is 10. The molecule has 27 heteroatoms. The molecule has 0 saturated carbocycles. The summed E-state index contributed by atoms with van der Waals surface area (Å²) in [6.45, 7) is 13.4. The van der Waals surface area contributed by atoms with E-state index in [4.69, 9.17) is 22.9 Å². The molecule has 27 nitrogen and oxygen atoms in total. The molecule has 0 radical (unpaired) electrons. The molecule has 2 aromatic carbocycles. The zero-order valence-electron chi connectivity index (χ0n) is 50.7. The number of nitrogens with one attached hydrogen (secondary N) is 9. The topological polar surface area (TPSA) is 431 Å². The highest BCUT2D eigenvalue weighted by Crippen LogP contribution is 2.22. The van der Waals surface area contributed by atoms with Crippen molar-refractivity contribution in [3.63, 3.8) is 0 Å². The molecule has 474 valence electrons. The average Bonchev–Trinajstić information content (AvgIpc) is 2.87. The largest absolute Gasteiger partial charge is 0.391 e. The molecule has 0 bridgehead atoms. The van der Waals surface area contributed by atoms with Crippen LogP contribution in [0.1, 0.15) is 118 Å².